The molecule has 5 heteroatoms. The highest BCUT2D eigenvalue weighted by Crippen LogP contribution is 2.22. The van der Waals surface area contributed by atoms with Crippen LogP contribution in [-0.2, 0) is 6.54 Å². The van der Waals surface area contributed by atoms with Gasteiger partial charge in [0.05, 0.1) is 6.04 Å². The molecule has 0 bridgehead atoms. The van der Waals surface area contributed by atoms with Crippen molar-refractivity contribution in [3.63, 3.8) is 0 Å². The Kier molecular flexibility index (Phi) is 4.78. The molecule has 0 fully saturated rings. The van der Waals surface area contributed by atoms with E-state index in [4.69, 9.17) is 0 Å². The normalized spacial score (nSPS) is 13.2. The molecule has 0 saturated heterocycles. The van der Waals surface area contributed by atoms with Crippen LogP contribution in [0, 0.1) is 4.91 Å². The third-order valence-electron chi connectivity index (χ3n) is 3.39. The third-order valence-corrected chi connectivity index (χ3v) is 3.39. The quantitative estimate of drug-likeness (QED) is 0.786. The maximum Gasteiger partial charge on any atom is 0.128 e. The molecule has 0 radical (unpaired) electrons. The highest BCUT2D eigenvalue weighted by molar-refractivity contribution is 5.40. The summed E-state index contributed by atoms with van der Waals surface area (Å²) in [5.74, 6) is 0.846. The number of nitrogens with one attached hydrogen (secondary N) is 1. The summed E-state index contributed by atoms with van der Waals surface area (Å²) in [7, 11) is 3.83. The SMILES string of the molecule is CNCc1ccc(N(C)C(C)C(C)(C)N=O)nc1. The van der Waals surface area contributed by atoms with E-state index < -0.39 is 5.54 Å². The molecular formula is C13H22N4O. The summed E-state index contributed by atoms with van der Waals surface area (Å²) in [4.78, 5) is 17.2. The second-order valence-corrected chi connectivity index (χ2v) is 5.09. The van der Waals surface area contributed by atoms with Gasteiger partial charge in [0.25, 0.3) is 0 Å². The number of rotatable bonds is 6. The number of likely N-dealkylation sites (N-methyl/N-ethyl adjacent to an activating group) is 1. The maximum absolute atomic E-state index is 10.8. The largest absolute Gasteiger partial charge is 0.354 e. The molecule has 0 aliphatic heterocycles. The average molecular weight is 250 g/mol. The summed E-state index contributed by atoms with van der Waals surface area (Å²) < 4.78 is 0. The zero-order valence-electron chi connectivity index (χ0n) is 11.8. The first-order chi connectivity index (χ1) is 8.42. The van der Waals surface area contributed by atoms with Crippen molar-refractivity contribution >= 4 is 5.82 Å². The molecule has 0 aliphatic rings. The van der Waals surface area contributed by atoms with Gasteiger partial charge in [0.1, 0.15) is 11.4 Å². The lowest BCUT2D eigenvalue weighted by atomic mass is 9.96. The molecule has 1 aromatic heterocycles. The highest BCUT2D eigenvalue weighted by Gasteiger charge is 2.30. The smallest absolute Gasteiger partial charge is 0.128 e. The first-order valence-corrected chi connectivity index (χ1v) is 6.09. The van der Waals surface area contributed by atoms with Gasteiger partial charge in [-0.15, -0.1) is 0 Å². The minimum Gasteiger partial charge on any atom is -0.354 e. The second kappa shape index (κ2) is 5.91. The number of nitrogens with zero attached hydrogens (tertiary/aromatic N) is 3. The summed E-state index contributed by atoms with van der Waals surface area (Å²) in [6.45, 7) is 6.44. The van der Waals surface area contributed by atoms with Gasteiger partial charge in [-0.05, 0) is 39.4 Å². The molecule has 0 amide bonds. The van der Waals surface area contributed by atoms with Crippen molar-refractivity contribution in [3.8, 4) is 0 Å². The van der Waals surface area contributed by atoms with Crippen molar-refractivity contribution in [3.05, 3.63) is 28.8 Å². The Hall–Kier alpha value is -1.49. The Morgan fingerprint density at radius 3 is 2.61 bits per heavy atom. The minimum atomic E-state index is -0.639. The molecule has 1 heterocycles. The van der Waals surface area contributed by atoms with Crippen molar-refractivity contribution in [2.24, 2.45) is 5.18 Å². The summed E-state index contributed by atoms with van der Waals surface area (Å²) in [6.07, 6.45) is 1.84. The standard InChI is InChI=1S/C13H22N4O/c1-10(13(2,3)16-18)17(5)12-7-6-11(8-14-4)9-15-12/h6-7,9-10,14H,8H2,1-5H3. The molecule has 1 rings (SSSR count). The van der Waals surface area contributed by atoms with E-state index in [1.54, 1.807) is 0 Å². The van der Waals surface area contributed by atoms with Crippen molar-refractivity contribution in [2.75, 3.05) is 19.0 Å². The number of nitroso groups, excluding NO2 is 1. The number of hydrogen-bond acceptors (Lipinski definition) is 5. The van der Waals surface area contributed by atoms with Crippen LogP contribution in [0.2, 0.25) is 0 Å². The maximum atomic E-state index is 10.8. The van der Waals surface area contributed by atoms with Gasteiger partial charge in [-0.3, -0.25) is 0 Å². The zero-order valence-corrected chi connectivity index (χ0v) is 11.8. The van der Waals surface area contributed by atoms with E-state index in [9.17, 15) is 4.91 Å². The Morgan fingerprint density at radius 1 is 1.50 bits per heavy atom. The zero-order chi connectivity index (χ0) is 13.8. The fourth-order valence-corrected chi connectivity index (χ4v) is 1.68. The summed E-state index contributed by atoms with van der Waals surface area (Å²) in [5.41, 5.74) is 0.496. The molecule has 1 N–H and O–H groups in total. The number of aromatic nitrogens is 1. The van der Waals surface area contributed by atoms with Crippen LogP contribution < -0.4 is 10.2 Å². The predicted octanol–water partition coefficient (Wildman–Crippen LogP) is 2.17. The lowest BCUT2D eigenvalue weighted by Crippen LogP contribution is -2.44. The molecule has 1 atom stereocenters. The Morgan fingerprint density at radius 2 is 2.17 bits per heavy atom. The van der Waals surface area contributed by atoms with Crippen LogP contribution in [-0.4, -0.2) is 30.7 Å². The Balaban J connectivity index is 2.83. The summed E-state index contributed by atoms with van der Waals surface area (Å²) in [5, 5.41) is 6.26. The first-order valence-electron chi connectivity index (χ1n) is 6.09. The average Bonchev–Trinajstić information content (AvgIpc) is 2.38. The Bertz CT molecular complexity index is 388. The second-order valence-electron chi connectivity index (χ2n) is 5.09. The highest BCUT2D eigenvalue weighted by atomic mass is 16.3. The molecule has 0 saturated carbocycles. The Labute approximate surface area is 109 Å². The van der Waals surface area contributed by atoms with E-state index in [1.807, 2.05) is 58.1 Å². The lowest BCUT2D eigenvalue weighted by Gasteiger charge is -2.33. The molecule has 5 nitrogen and oxygen atoms in total. The molecule has 0 aliphatic carbocycles. The van der Waals surface area contributed by atoms with Gasteiger partial charge in [0, 0.05) is 19.8 Å². The summed E-state index contributed by atoms with van der Waals surface area (Å²) >= 11 is 0. The van der Waals surface area contributed by atoms with Gasteiger partial charge >= 0.3 is 0 Å². The van der Waals surface area contributed by atoms with Crippen molar-refractivity contribution in [1.82, 2.24) is 10.3 Å². The molecule has 1 aromatic rings. The van der Waals surface area contributed by atoms with Gasteiger partial charge in [0.2, 0.25) is 0 Å². The fraction of sp³-hybridized carbons (Fsp3) is 0.615. The van der Waals surface area contributed by atoms with Crippen molar-refractivity contribution in [1.29, 1.82) is 0 Å². The van der Waals surface area contributed by atoms with Crippen LogP contribution in [0.4, 0.5) is 5.82 Å². The molecule has 1 unspecified atom stereocenters. The van der Waals surface area contributed by atoms with E-state index in [0.717, 1.165) is 17.9 Å². The van der Waals surface area contributed by atoms with E-state index in [-0.39, 0.29) is 6.04 Å². The van der Waals surface area contributed by atoms with Gasteiger partial charge < -0.3 is 10.2 Å². The van der Waals surface area contributed by atoms with E-state index >= 15 is 0 Å². The van der Waals surface area contributed by atoms with Gasteiger partial charge in [-0.2, -0.15) is 4.91 Å². The van der Waals surface area contributed by atoms with Crippen LogP contribution in [0.15, 0.2) is 23.5 Å². The minimum absolute atomic E-state index is 0.0161. The van der Waals surface area contributed by atoms with E-state index in [1.165, 1.54) is 0 Å². The number of anilines is 1. The van der Waals surface area contributed by atoms with Crippen LogP contribution in [0.1, 0.15) is 26.3 Å². The van der Waals surface area contributed by atoms with Crippen molar-refractivity contribution in [2.45, 2.75) is 38.9 Å². The van der Waals surface area contributed by atoms with Gasteiger partial charge in [-0.1, -0.05) is 11.2 Å². The van der Waals surface area contributed by atoms with E-state index in [0.29, 0.717) is 0 Å². The molecule has 100 valence electrons. The van der Waals surface area contributed by atoms with Gasteiger partial charge in [0.15, 0.2) is 0 Å². The monoisotopic (exact) mass is 250 g/mol. The van der Waals surface area contributed by atoms with Gasteiger partial charge in [-0.25, -0.2) is 4.98 Å². The number of pyridine rings is 1. The molecule has 18 heavy (non-hydrogen) atoms. The predicted molar refractivity (Wildman–Crippen MR) is 74.7 cm³/mol. The summed E-state index contributed by atoms with van der Waals surface area (Å²) in [6, 6.07) is 3.98. The van der Waals surface area contributed by atoms with E-state index in [2.05, 4.69) is 15.5 Å². The topological polar surface area (TPSA) is 57.6 Å². The number of hydrogen-bond donors (Lipinski definition) is 1. The molecule has 0 spiro atoms. The van der Waals surface area contributed by atoms with Crippen molar-refractivity contribution < 1.29 is 0 Å². The third kappa shape index (κ3) is 3.26. The fourth-order valence-electron chi connectivity index (χ4n) is 1.68. The molecular weight excluding hydrogens is 228 g/mol. The molecule has 0 aromatic carbocycles. The van der Waals surface area contributed by atoms with Crippen LogP contribution >= 0.6 is 0 Å². The van der Waals surface area contributed by atoms with Crippen LogP contribution in [0.3, 0.4) is 0 Å². The van der Waals surface area contributed by atoms with Crippen LogP contribution in [0.5, 0.6) is 0 Å². The first kappa shape index (κ1) is 14.6. The lowest BCUT2D eigenvalue weighted by molar-refractivity contribution is 0.417. The van der Waals surface area contributed by atoms with Crippen LogP contribution in [0.25, 0.3) is 0 Å².